The summed E-state index contributed by atoms with van der Waals surface area (Å²) in [6.45, 7) is 4.81. The fourth-order valence-corrected chi connectivity index (χ4v) is 4.77. The normalized spacial score (nSPS) is 13.8. The number of carboxylic acid groups (broad SMARTS) is 1. The molecule has 0 bridgehead atoms. The first kappa shape index (κ1) is 28.3. The van der Waals surface area contributed by atoms with Crippen molar-refractivity contribution in [1.29, 1.82) is 0 Å². The number of aromatic nitrogens is 2. The van der Waals surface area contributed by atoms with E-state index >= 15 is 0 Å². The van der Waals surface area contributed by atoms with Crippen molar-refractivity contribution < 1.29 is 35.9 Å². The summed E-state index contributed by atoms with van der Waals surface area (Å²) in [5.41, 5.74) is 2.74. The molecular formula is C22H23F4N5O4S2. The van der Waals surface area contributed by atoms with E-state index in [0.29, 0.717) is 23.5 Å². The predicted molar refractivity (Wildman–Crippen MR) is 129 cm³/mol. The summed E-state index contributed by atoms with van der Waals surface area (Å²) < 4.78 is 77.5. The molecule has 0 amide bonds. The Balaban J connectivity index is 0.000000479. The van der Waals surface area contributed by atoms with Gasteiger partial charge in [-0.2, -0.15) is 26.0 Å². The number of sulfonamides is 1. The van der Waals surface area contributed by atoms with E-state index in [0.717, 1.165) is 36.7 Å². The number of hydrogen-bond acceptors (Lipinski definition) is 8. The Morgan fingerprint density at radius 3 is 2.43 bits per heavy atom. The van der Waals surface area contributed by atoms with E-state index in [2.05, 4.69) is 24.3 Å². The molecule has 9 nitrogen and oxygen atoms in total. The van der Waals surface area contributed by atoms with Gasteiger partial charge in [0.2, 0.25) is 0 Å². The number of benzene rings is 1. The average Bonchev–Trinajstić information content (AvgIpc) is 3.28. The Morgan fingerprint density at radius 1 is 1.19 bits per heavy atom. The van der Waals surface area contributed by atoms with Crippen LogP contribution in [0.2, 0.25) is 0 Å². The van der Waals surface area contributed by atoms with Crippen molar-refractivity contribution in [2.24, 2.45) is 0 Å². The third-order valence-corrected chi connectivity index (χ3v) is 7.08. The van der Waals surface area contributed by atoms with Crippen molar-refractivity contribution in [3.05, 3.63) is 64.4 Å². The summed E-state index contributed by atoms with van der Waals surface area (Å²) in [5, 5.41) is 11.9. The number of anilines is 2. The number of alkyl halides is 3. The van der Waals surface area contributed by atoms with Gasteiger partial charge >= 0.3 is 12.1 Å². The van der Waals surface area contributed by atoms with Crippen LogP contribution in [-0.4, -0.2) is 53.0 Å². The Kier molecular flexibility index (Phi) is 9.04. The van der Waals surface area contributed by atoms with Crippen LogP contribution in [0, 0.1) is 12.7 Å². The molecule has 4 rings (SSSR count). The van der Waals surface area contributed by atoms with E-state index in [-0.39, 0.29) is 16.7 Å². The summed E-state index contributed by atoms with van der Waals surface area (Å²) in [6.07, 6.45) is -3.90. The standard InChI is InChI=1S/C20H22FN5O2S2.C2HF3O2/c1-14-18(6-7-20(23-14)30(27,28)25-19-8-11-29-24-19)22-12-16-15(4-2-5-17(16)21)13-26-9-3-10-26;3-2(4,5)1(6)7/h2,4-8,11,22H,3,9-10,12-13H2,1H3,(H,24,25);(H,6,7). The minimum atomic E-state index is -5.08. The highest BCUT2D eigenvalue weighted by Gasteiger charge is 2.38. The lowest BCUT2D eigenvalue weighted by atomic mass is 10.0. The van der Waals surface area contributed by atoms with Crippen LogP contribution in [0.1, 0.15) is 23.2 Å². The molecule has 3 heterocycles. The zero-order chi connectivity index (χ0) is 27.2. The molecule has 1 aliphatic heterocycles. The molecule has 15 heteroatoms. The molecule has 1 aliphatic rings. The van der Waals surface area contributed by atoms with Crippen LogP contribution < -0.4 is 10.0 Å². The molecule has 2 aromatic heterocycles. The van der Waals surface area contributed by atoms with Gasteiger partial charge in [-0.3, -0.25) is 9.62 Å². The van der Waals surface area contributed by atoms with Crippen LogP contribution >= 0.6 is 11.5 Å². The lowest BCUT2D eigenvalue weighted by molar-refractivity contribution is -0.192. The topological polar surface area (TPSA) is 125 Å². The smallest absolute Gasteiger partial charge is 0.475 e. The number of pyridine rings is 1. The van der Waals surface area contributed by atoms with Crippen molar-refractivity contribution >= 4 is 39.0 Å². The monoisotopic (exact) mass is 561 g/mol. The molecule has 1 saturated heterocycles. The van der Waals surface area contributed by atoms with Crippen LogP contribution in [0.15, 0.2) is 46.8 Å². The second-order valence-corrected chi connectivity index (χ2v) is 10.2. The van der Waals surface area contributed by atoms with Gasteiger partial charge in [0.1, 0.15) is 5.82 Å². The second kappa shape index (κ2) is 11.8. The van der Waals surface area contributed by atoms with Gasteiger partial charge in [-0.15, -0.1) is 0 Å². The summed E-state index contributed by atoms with van der Waals surface area (Å²) in [7, 11) is -3.82. The Bertz CT molecular complexity index is 1330. The van der Waals surface area contributed by atoms with Crippen LogP contribution in [0.25, 0.3) is 0 Å². The number of hydrogen-bond donors (Lipinski definition) is 3. The Labute approximate surface area is 214 Å². The molecule has 0 unspecified atom stereocenters. The molecule has 0 spiro atoms. The largest absolute Gasteiger partial charge is 0.490 e. The Hall–Kier alpha value is -3.30. The highest BCUT2D eigenvalue weighted by molar-refractivity contribution is 7.92. The number of likely N-dealkylation sites (tertiary alicyclic amines) is 1. The van der Waals surface area contributed by atoms with Gasteiger partial charge in [-0.25, -0.2) is 14.2 Å². The number of aliphatic carboxylic acids is 1. The highest BCUT2D eigenvalue weighted by atomic mass is 32.2. The lowest BCUT2D eigenvalue weighted by Gasteiger charge is -2.31. The minimum absolute atomic E-state index is 0.0945. The summed E-state index contributed by atoms with van der Waals surface area (Å²) in [4.78, 5) is 15.4. The van der Waals surface area contributed by atoms with Gasteiger partial charge in [0.15, 0.2) is 10.8 Å². The van der Waals surface area contributed by atoms with Crippen molar-refractivity contribution in [3.8, 4) is 0 Å². The maximum absolute atomic E-state index is 14.5. The first-order chi connectivity index (χ1) is 17.4. The molecule has 200 valence electrons. The first-order valence-electron chi connectivity index (χ1n) is 10.8. The fourth-order valence-electron chi connectivity index (χ4n) is 3.24. The number of halogens is 4. The third kappa shape index (κ3) is 7.84. The van der Waals surface area contributed by atoms with Crippen LogP contribution in [-0.2, 0) is 27.9 Å². The number of rotatable bonds is 8. The molecule has 0 atom stereocenters. The molecule has 37 heavy (non-hydrogen) atoms. The van der Waals surface area contributed by atoms with E-state index in [4.69, 9.17) is 9.90 Å². The van der Waals surface area contributed by atoms with Gasteiger partial charge < -0.3 is 10.4 Å². The number of carbonyl (C=O) groups is 1. The maximum Gasteiger partial charge on any atom is 0.490 e. The van der Waals surface area contributed by atoms with Crippen LogP contribution in [0.4, 0.5) is 29.1 Å². The first-order valence-corrected chi connectivity index (χ1v) is 13.1. The van der Waals surface area contributed by atoms with Gasteiger partial charge in [0.25, 0.3) is 10.0 Å². The molecule has 1 aromatic carbocycles. The summed E-state index contributed by atoms with van der Waals surface area (Å²) in [5.74, 6) is -2.75. The van der Waals surface area contributed by atoms with Gasteiger partial charge in [-0.1, -0.05) is 12.1 Å². The zero-order valence-corrected chi connectivity index (χ0v) is 21.1. The molecule has 0 aliphatic carbocycles. The molecule has 3 N–H and O–H groups in total. The molecular weight excluding hydrogens is 538 g/mol. The van der Waals surface area contributed by atoms with Crippen molar-refractivity contribution in [3.63, 3.8) is 0 Å². The second-order valence-electron chi connectivity index (χ2n) is 7.94. The van der Waals surface area contributed by atoms with Crippen molar-refractivity contribution in [1.82, 2.24) is 14.3 Å². The van der Waals surface area contributed by atoms with Gasteiger partial charge in [0, 0.05) is 24.0 Å². The van der Waals surface area contributed by atoms with Crippen molar-refractivity contribution in [2.45, 2.75) is 37.6 Å². The lowest BCUT2D eigenvalue weighted by Crippen LogP contribution is -2.36. The number of nitrogens with one attached hydrogen (secondary N) is 2. The zero-order valence-electron chi connectivity index (χ0n) is 19.4. The minimum Gasteiger partial charge on any atom is -0.475 e. The fraction of sp³-hybridized carbons (Fsp3) is 0.318. The average molecular weight is 562 g/mol. The number of nitrogens with zero attached hydrogens (tertiary/aromatic N) is 3. The molecule has 1 fully saturated rings. The molecule has 0 saturated carbocycles. The SMILES string of the molecule is Cc1nc(S(=O)(=O)Nc2ccsn2)ccc1NCc1c(F)cccc1CN1CCC1.O=C(O)C(F)(F)F. The third-order valence-electron chi connectivity index (χ3n) is 5.27. The van der Waals surface area contributed by atoms with E-state index in [1.54, 1.807) is 30.5 Å². The highest BCUT2D eigenvalue weighted by Crippen LogP contribution is 2.23. The van der Waals surface area contributed by atoms with E-state index in [1.807, 2.05) is 6.07 Å². The summed E-state index contributed by atoms with van der Waals surface area (Å²) >= 11 is 1.16. The van der Waals surface area contributed by atoms with Crippen molar-refractivity contribution in [2.75, 3.05) is 23.1 Å². The van der Waals surface area contributed by atoms with Gasteiger partial charge in [-0.05, 0) is 67.8 Å². The number of carboxylic acids is 1. The van der Waals surface area contributed by atoms with E-state index < -0.39 is 22.2 Å². The predicted octanol–water partition coefficient (Wildman–Crippen LogP) is 4.24. The summed E-state index contributed by atoms with van der Waals surface area (Å²) in [6, 6.07) is 9.79. The van der Waals surface area contributed by atoms with Crippen LogP contribution in [0.5, 0.6) is 0 Å². The maximum atomic E-state index is 14.5. The Morgan fingerprint density at radius 2 is 1.89 bits per heavy atom. The number of aryl methyl sites for hydroxylation is 1. The molecule has 3 aromatic rings. The van der Waals surface area contributed by atoms with E-state index in [9.17, 15) is 26.0 Å². The van der Waals surface area contributed by atoms with Gasteiger partial charge in [0.05, 0.1) is 11.4 Å². The van der Waals surface area contributed by atoms with Crippen LogP contribution in [0.3, 0.4) is 0 Å². The van der Waals surface area contributed by atoms with E-state index in [1.165, 1.54) is 18.6 Å². The quantitative estimate of drug-likeness (QED) is 0.349. The molecule has 0 radical (unpaired) electrons.